The quantitative estimate of drug-likeness (QED) is 0.824. The number of aliphatic hydroxyl groups excluding tert-OH is 1. The van der Waals surface area contributed by atoms with Gasteiger partial charge in [-0.3, -0.25) is 0 Å². The normalized spacial score (nSPS) is 13.5. The molecule has 0 aliphatic carbocycles. The molecule has 0 aliphatic rings. The molecule has 1 aromatic heterocycles. The van der Waals surface area contributed by atoms with Crippen molar-refractivity contribution in [3.05, 3.63) is 35.0 Å². The fourth-order valence-corrected chi connectivity index (χ4v) is 3.34. The first-order valence-corrected chi connectivity index (χ1v) is 8.37. The van der Waals surface area contributed by atoms with E-state index in [0.717, 1.165) is 10.9 Å². The Morgan fingerprint density at radius 3 is 2.81 bits per heavy atom. The smallest absolute Gasteiger partial charge is 0.242 e. The van der Waals surface area contributed by atoms with Crippen LogP contribution >= 0.6 is 11.6 Å². The predicted molar refractivity (Wildman–Crippen MR) is 82.9 cm³/mol. The highest BCUT2D eigenvalue weighted by Crippen LogP contribution is 2.25. The monoisotopic (exact) mass is 328 g/mol. The first kappa shape index (κ1) is 16.2. The number of fused-ring (bicyclic) bond motifs is 1. The average Bonchev–Trinajstić information content (AvgIpc) is 2.45. The number of hydrogen-bond acceptors (Lipinski definition) is 4. The SMILES string of the molecule is Cc1cc2cccc(S(=O)(=O)NCC(C)CO)c2nc1Cl. The summed E-state index contributed by atoms with van der Waals surface area (Å²) in [7, 11) is -3.70. The van der Waals surface area contributed by atoms with Crippen LogP contribution in [0.15, 0.2) is 29.2 Å². The van der Waals surface area contributed by atoms with Crippen molar-refractivity contribution >= 4 is 32.5 Å². The molecular weight excluding hydrogens is 312 g/mol. The van der Waals surface area contributed by atoms with E-state index in [2.05, 4.69) is 9.71 Å². The van der Waals surface area contributed by atoms with Gasteiger partial charge in [0.2, 0.25) is 10.0 Å². The maximum absolute atomic E-state index is 12.4. The zero-order valence-electron chi connectivity index (χ0n) is 11.8. The molecule has 0 saturated heterocycles. The summed E-state index contributed by atoms with van der Waals surface area (Å²) in [6, 6.07) is 6.76. The van der Waals surface area contributed by atoms with E-state index in [1.165, 1.54) is 6.07 Å². The van der Waals surface area contributed by atoms with Gasteiger partial charge in [-0.2, -0.15) is 0 Å². The third-order valence-electron chi connectivity index (χ3n) is 3.16. The van der Waals surface area contributed by atoms with Gasteiger partial charge < -0.3 is 5.11 Å². The second-order valence-electron chi connectivity index (χ2n) is 5.06. The van der Waals surface area contributed by atoms with Crippen LogP contribution in [0, 0.1) is 12.8 Å². The van der Waals surface area contributed by atoms with Crippen LogP contribution in [0.3, 0.4) is 0 Å². The lowest BCUT2D eigenvalue weighted by molar-refractivity contribution is 0.238. The van der Waals surface area contributed by atoms with Gasteiger partial charge in [0.25, 0.3) is 0 Å². The van der Waals surface area contributed by atoms with Crippen LogP contribution in [-0.2, 0) is 10.0 Å². The standard InChI is InChI=1S/C14H17ClN2O3S/c1-9(8-18)7-16-21(19,20)12-5-3-4-11-6-10(2)14(15)17-13(11)12/h3-6,9,16,18H,7-8H2,1-2H3. The Kier molecular flexibility index (Phi) is 4.83. The van der Waals surface area contributed by atoms with E-state index in [0.29, 0.717) is 5.52 Å². The number of halogens is 1. The van der Waals surface area contributed by atoms with Gasteiger partial charge in [0.1, 0.15) is 10.0 Å². The van der Waals surface area contributed by atoms with Crippen LogP contribution in [0.4, 0.5) is 0 Å². The van der Waals surface area contributed by atoms with Gasteiger partial charge in [0, 0.05) is 18.5 Å². The largest absolute Gasteiger partial charge is 0.396 e. The third kappa shape index (κ3) is 3.52. The molecule has 0 radical (unpaired) electrons. The summed E-state index contributed by atoms with van der Waals surface area (Å²) in [5.74, 6) is -0.159. The van der Waals surface area contributed by atoms with Gasteiger partial charge in [-0.25, -0.2) is 18.1 Å². The second kappa shape index (κ2) is 6.27. The minimum atomic E-state index is -3.70. The molecule has 21 heavy (non-hydrogen) atoms. The van der Waals surface area contributed by atoms with Crippen molar-refractivity contribution in [3.63, 3.8) is 0 Å². The fraction of sp³-hybridized carbons (Fsp3) is 0.357. The Labute approximate surface area is 129 Å². The van der Waals surface area contributed by atoms with Gasteiger partial charge in [-0.1, -0.05) is 30.7 Å². The molecule has 114 valence electrons. The van der Waals surface area contributed by atoms with Gasteiger partial charge >= 0.3 is 0 Å². The summed E-state index contributed by atoms with van der Waals surface area (Å²) in [6.45, 7) is 3.65. The molecule has 2 aromatic rings. The van der Waals surface area contributed by atoms with Crippen molar-refractivity contribution in [1.82, 2.24) is 9.71 Å². The first-order valence-electron chi connectivity index (χ1n) is 6.51. The molecule has 0 aliphatic heterocycles. The lowest BCUT2D eigenvalue weighted by Gasteiger charge is -2.12. The highest BCUT2D eigenvalue weighted by atomic mass is 35.5. The molecule has 7 heteroatoms. The van der Waals surface area contributed by atoms with Crippen LogP contribution < -0.4 is 4.72 Å². The number of sulfonamides is 1. The molecule has 1 heterocycles. The number of aliphatic hydroxyl groups is 1. The van der Waals surface area contributed by atoms with E-state index in [-0.39, 0.29) is 29.1 Å². The lowest BCUT2D eigenvalue weighted by Crippen LogP contribution is -2.29. The number of pyridine rings is 1. The zero-order valence-corrected chi connectivity index (χ0v) is 13.4. The minimum Gasteiger partial charge on any atom is -0.396 e. The minimum absolute atomic E-state index is 0.0820. The van der Waals surface area contributed by atoms with Crippen LogP contribution in [0.2, 0.25) is 5.15 Å². The number of hydrogen-bond donors (Lipinski definition) is 2. The molecular formula is C14H17ClN2O3S. The summed E-state index contributed by atoms with van der Waals surface area (Å²) in [5.41, 5.74) is 1.14. The Morgan fingerprint density at radius 1 is 1.43 bits per heavy atom. The summed E-state index contributed by atoms with van der Waals surface area (Å²) < 4.78 is 27.3. The molecule has 0 spiro atoms. The molecule has 0 fully saturated rings. The van der Waals surface area contributed by atoms with E-state index < -0.39 is 10.0 Å². The molecule has 0 saturated carbocycles. The number of nitrogens with one attached hydrogen (secondary N) is 1. The summed E-state index contributed by atoms with van der Waals surface area (Å²) in [4.78, 5) is 4.28. The maximum atomic E-state index is 12.4. The van der Waals surface area contributed by atoms with Crippen molar-refractivity contribution in [2.75, 3.05) is 13.2 Å². The Bertz CT molecular complexity index is 762. The number of aromatic nitrogens is 1. The summed E-state index contributed by atoms with van der Waals surface area (Å²) >= 11 is 6.00. The molecule has 0 amide bonds. The molecule has 2 N–H and O–H groups in total. The van der Waals surface area contributed by atoms with E-state index in [9.17, 15) is 8.42 Å². The van der Waals surface area contributed by atoms with Gasteiger partial charge in [0.05, 0.1) is 5.52 Å². The van der Waals surface area contributed by atoms with E-state index in [1.807, 2.05) is 6.92 Å². The van der Waals surface area contributed by atoms with Gasteiger partial charge in [0.15, 0.2) is 0 Å². The number of para-hydroxylation sites is 1. The molecule has 0 bridgehead atoms. The van der Waals surface area contributed by atoms with Crippen LogP contribution in [-0.4, -0.2) is 31.7 Å². The van der Waals surface area contributed by atoms with Crippen molar-refractivity contribution in [2.24, 2.45) is 5.92 Å². The molecule has 1 atom stereocenters. The van der Waals surface area contributed by atoms with E-state index in [4.69, 9.17) is 16.7 Å². The first-order chi connectivity index (χ1) is 9.85. The van der Waals surface area contributed by atoms with Crippen molar-refractivity contribution in [3.8, 4) is 0 Å². The molecule has 5 nitrogen and oxygen atoms in total. The lowest BCUT2D eigenvalue weighted by atomic mass is 10.2. The van der Waals surface area contributed by atoms with Crippen LogP contribution in [0.1, 0.15) is 12.5 Å². The predicted octanol–water partition coefficient (Wildman–Crippen LogP) is 2.10. The van der Waals surface area contributed by atoms with Crippen molar-refractivity contribution in [2.45, 2.75) is 18.7 Å². The average molecular weight is 329 g/mol. The third-order valence-corrected chi connectivity index (χ3v) is 5.00. The highest BCUT2D eigenvalue weighted by Gasteiger charge is 2.19. The van der Waals surface area contributed by atoms with E-state index in [1.54, 1.807) is 25.1 Å². The summed E-state index contributed by atoms with van der Waals surface area (Å²) in [6.07, 6.45) is 0. The number of aryl methyl sites for hydroxylation is 1. The molecule has 1 aromatic carbocycles. The Balaban J connectivity index is 2.48. The number of nitrogens with zero attached hydrogens (tertiary/aromatic N) is 1. The number of benzene rings is 1. The van der Waals surface area contributed by atoms with E-state index >= 15 is 0 Å². The molecule has 2 rings (SSSR count). The zero-order chi connectivity index (χ0) is 15.6. The number of rotatable bonds is 5. The van der Waals surface area contributed by atoms with Crippen molar-refractivity contribution < 1.29 is 13.5 Å². The van der Waals surface area contributed by atoms with Crippen LogP contribution in [0.25, 0.3) is 10.9 Å². The highest BCUT2D eigenvalue weighted by molar-refractivity contribution is 7.89. The molecule has 1 unspecified atom stereocenters. The van der Waals surface area contributed by atoms with Gasteiger partial charge in [-0.15, -0.1) is 0 Å². The topological polar surface area (TPSA) is 79.3 Å². The summed E-state index contributed by atoms with van der Waals surface area (Å²) in [5, 5.41) is 9.98. The fourth-order valence-electron chi connectivity index (χ4n) is 1.87. The Hall–Kier alpha value is -1.21. The second-order valence-corrected chi connectivity index (χ2v) is 7.16. The maximum Gasteiger partial charge on any atom is 0.242 e. The van der Waals surface area contributed by atoms with Gasteiger partial charge in [-0.05, 0) is 30.5 Å². The van der Waals surface area contributed by atoms with Crippen molar-refractivity contribution in [1.29, 1.82) is 0 Å². The Morgan fingerprint density at radius 2 is 2.14 bits per heavy atom. The van der Waals surface area contributed by atoms with Crippen LogP contribution in [0.5, 0.6) is 0 Å².